The highest BCUT2D eigenvalue weighted by Gasteiger charge is 2.44. The van der Waals surface area contributed by atoms with Gasteiger partial charge in [0, 0.05) is 0 Å². The number of hydrogen-bond donors (Lipinski definition) is 2. The lowest BCUT2D eigenvalue weighted by molar-refractivity contribution is -0.122. The maximum Gasteiger partial charge on any atom is 0.280 e. The Balaban J connectivity index is 2.17. The van der Waals surface area contributed by atoms with Crippen LogP contribution in [0.25, 0.3) is 0 Å². The lowest BCUT2D eigenvalue weighted by atomic mass is 9.76. The molecule has 7 heteroatoms. The molecule has 15 heavy (non-hydrogen) atoms. The smallest absolute Gasteiger partial charge is 0.280 e. The Labute approximate surface area is 84.9 Å². The number of carbonyl (C=O) groups is 1. The summed E-state index contributed by atoms with van der Waals surface area (Å²) in [7, 11) is 0. The predicted octanol–water partition coefficient (Wildman–Crippen LogP) is 0.178. The quantitative estimate of drug-likeness (QED) is 0.698. The van der Waals surface area contributed by atoms with Crippen LogP contribution in [0.5, 0.6) is 0 Å². The van der Waals surface area contributed by atoms with Gasteiger partial charge in [0.15, 0.2) is 11.7 Å². The normalized spacial score (nSPS) is 17.9. The third kappa shape index (κ3) is 1.60. The van der Waals surface area contributed by atoms with Crippen molar-refractivity contribution < 1.29 is 9.18 Å². The first-order valence-electron chi connectivity index (χ1n) is 4.55. The van der Waals surface area contributed by atoms with Crippen molar-refractivity contribution in [2.45, 2.75) is 24.8 Å². The molecular weight excluding hydrogens is 201 g/mol. The van der Waals surface area contributed by atoms with Gasteiger partial charge in [-0.2, -0.15) is 5.21 Å². The zero-order chi connectivity index (χ0) is 10.9. The van der Waals surface area contributed by atoms with Gasteiger partial charge in [0.25, 0.3) is 5.91 Å². The minimum Gasteiger partial charge on any atom is -0.337 e. The van der Waals surface area contributed by atoms with Gasteiger partial charge >= 0.3 is 0 Å². The number of nitrogens with one attached hydrogen (secondary N) is 2. The summed E-state index contributed by atoms with van der Waals surface area (Å²) < 4.78 is 12.6. The van der Waals surface area contributed by atoms with Crippen LogP contribution in [0, 0.1) is 0 Å². The monoisotopic (exact) mass is 211 g/mol. The molecule has 2 rings (SSSR count). The van der Waals surface area contributed by atoms with Crippen LogP contribution in [0.2, 0.25) is 0 Å². The van der Waals surface area contributed by atoms with Crippen molar-refractivity contribution in [3.63, 3.8) is 0 Å². The molecule has 1 fully saturated rings. The van der Waals surface area contributed by atoms with E-state index in [2.05, 4.69) is 32.5 Å². The number of nitrogens with zero attached hydrogens (tertiary/aromatic N) is 3. The van der Waals surface area contributed by atoms with E-state index < -0.39 is 17.3 Å². The Kier molecular flexibility index (Phi) is 2.22. The average molecular weight is 211 g/mol. The summed E-state index contributed by atoms with van der Waals surface area (Å²) in [6.45, 7) is 2.94. The van der Waals surface area contributed by atoms with Crippen LogP contribution in [-0.4, -0.2) is 26.5 Å². The molecule has 1 aromatic rings. The Morgan fingerprint density at radius 3 is 2.73 bits per heavy atom. The van der Waals surface area contributed by atoms with Gasteiger partial charge in [-0.15, -0.1) is 10.2 Å². The Morgan fingerprint density at radius 2 is 2.33 bits per heavy atom. The minimum atomic E-state index is -1.01. The molecule has 0 saturated heterocycles. The van der Waals surface area contributed by atoms with Gasteiger partial charge in [-0.25, -0.2) is 4.39 Å². The molecule has 2 N–H and O–H groups in total. The molecule has 1 aromatic heterocycles. The molecule has 0 spiro atoms. The van der Waals surface area contributed by atoms with Crippen molar-refractivity contribution in [3.8, 4) is 0 Å². The number of carbonyl (C=O) groups excluding carboxylic acids is 1. The van der Waals surface area contributed by atoms with Crippen molar-refractivity contribution >= 4 is 5.91 Å². The Bertz CT molecular complexity index is 384. The number of H-pyrrole nitrogens is 1. The highest BCUT2D eigenvalue weighted by Crippen LogP contribution is 2.39. The average Bonchev–Trinajstić information content (AvgIpc) is 2.63. The lowest BCUT2D eigenvalue weighted by Crippen LogP contribution is -2.51. The van der Waals surface area contributed by atoms with E-state index >= 15 is 0 Å². The molecule has 0 aliphatic heterocycles. The molecule has 0 unspecified atom stereocenters. The molecule has 0 radical (unpaired) electrons. The first kappa shape index (κ1) is 9.75. The largest absolute Gasteiger partial charge is 0.337 e. The second-order valence-electron chi connectivity index (χ2n) is 3.53. The van der Waals surface area contributed by atoms with Gasteiger partial charge in [0.05, 0.1) is 0 Å². The van der Waals surface area contributed by atoms with E-state index in [1.165, 1.54) is 0 Å². The van der Waals surface area contributed by atoms with Gasteiger partial charge in [0.2, 0.25) is 0 Å². The summed E-state index contributed by atoms with van der Waals surface area (Å²) in [5.41, 5.74) is -0.668. The Hall–Kier alpha value is -1.79. The second-order valence-corrected chi connectivity index (χ2v) is 3.53. The van der Waals surface area contributed by atoms with Crippen LogP contribution in [0.4, 0.5) is 4.39 Å². The fourth-order valence-electron chi connectivity index (χ4n) is 1.58. The molecule has 1 aliphatic rings. The van der Waals surface area contributed by atoms with E-state index in [0.717, 1.165) is 6.42 Å². The molecular formula is C8H10FN5O. The molecule has 1 heterocycles. The molecule has 0 bridgehead atoms. The summed E-state index contributed by atoms with van der Waals surface area (Å²) >= 11 is 0. The van der Waals surface area contributed by atoms with E-state index in [0.29, 0.717) is 18.7 Å². The van der Waals surface area contributed by atoms with Crippen molar-refractivity contribution in [1.29, 1.82) is 0 Å². The number of aromatic amines is 1. The van der Waals surface area contributed by atoms with Gasteiger partial charge in [-0.3, -0.25) is 4.79 Å². The minimum absolute atomic E-state index is 0.392. The lowest BCUT2D eigenvalue weighted by Gasteiger charge is -2.39. The van der Waals surface area contributed by atoms with Crippen molar-refractivity contribution in [3.05, 3.63) is 18.2 Å². The summed E-state index contributed by atoms with van der Waals surface area (Å²) in [6, 6.07) is 0. The molecule has 80 valence electrons. The third-order valence-corrected chi connectivity index (χ3v) is 2.58. The fraction of sp³-hybridized carbons (Fsp3) is 0.500. The first-order valence-corrected chi connectivity index (χ1v) is 4.55. The highest BCUT2D eigenvalue weighted by atomic mass is 19.1. The van der Waals surface area contributed by atoms with Crippen LogP contribution < -0.4 is 5.32 Å². The molecule has 1 saturated carbocycles. The van der Waals surface area contributed by atoms with E-state index in [9.17, 15) is 9.18 Å². The van der Waals surface area contributed by atoms with E-state index in [4.69, 9.17) is 0 Å². The zero-order valence-electron chi connectivity index (χ0n) is 7.96. The second kappa shape index (κ2) is 3.41. The van der Waals surface area contributed by atoms with Gasteiger partial charge in [-0.1, -0.05) is 11.8 Å². The molecule has 6 nitrogen and oxygen atoms in total. The number of hydrogen-bond acceptors (Lipinski definition) is 4. The maximum atomic E-state index is 12.6. The number of halogens is 1. The van der Waals surface area contributed by atoms with E-state index in [-0.39, 0.29) is 0 Å². The van der Waals surface area contributed by atoms with E-state index in [1.54, 1.807) is 0 Å². The number of rotatable bonds is 3. The number of tetrazole rings is 1. The van der Waals surface area contributed by atoms with Gasteiger partial charge in [0.1, 0.15) is 5.54 Å². The molecule has 0 aromatic carbocycles. The SMILES string of the molecule is C=C(F)C(=O)NC1(c2nn[nH]n2)CCC1. The van der Waals surface area contributed by atoms with Gasteiger partial charge < -0.3 is 5.32 Å². The molecule has 0 atom stereocenters. The third-order valence-electron chi connectivity index (χ3n) is 2.58. The number of aromatic nitrogens is 4. The standard InChI is InChI=1S/C8H10FN5O/c1-5(9)6(15)10-8(3-2-4-8)7-11-13-14-12-7/h1-4H2,(H,10,15)(H,11,12,13,14). The summed E-state index contributed by atoms with van der Waals surface area (Å²) in [5, 5.41) is 15.9. The topological polar surface area (TPSA) is 83.6 Å². The summed E-state index contributed by atoms with van der Waals surface area (Å²) in [4.78, 5) is 11.2. The van der Waals surface area contributed by atoms with Crippen molar-refractivity contribution in [1.82, 2.24) is 25.9 Å². The fourth-order valence-corrected chi connectivity index (χ4v) is 1.58. The zero-order valence-corrected chi connectivity index (χ0v) is 7.96. The van der Waals surface area contributed by atoms with E-state index in [1.807, 2.05) is 0 Å². The van der Waals surface area contributed by atoms with Crippen molar-refractivity contribution in [2.75, 3.05) is 0 Å². The predicted molar refractivity (Wildman–Crippen MR) is 48.1 cm³/mol. The van der Waals surface area contributed by atoms with Crippen LogP contribution in [0.15, 0.2) is 12.4 Å². The number of amides is 1. The molecule has 1 amide bonds. The molecule has 1 aliphatic carbocycles. The van der Waals surface area contributed by atoms with Gasteiger partial charge in [-0.05, 0) is 19.3 Å². The Morgan fingerprint density at radius 1 is 1.60 bits per heavy atom. The van der Waals surface area contributed by atoms with Crippen LogP contribution in [-0.2, 0) is 10.3 Å². The summed E-state index contributed by atoms with van der Waals surface area (Å²) in [5.74, 6) is -1.44. The highest BCUT2D eigenvalue weighted by molar-refractivity contribution is 5.91. The van der Waals surface area contributed by atoms with Crippen LogP contribution in [0.3, 0.4) is 0 Å². The van der Waals surface area contributed by atoms with Crippen LogP contribution >= 0.6 is 0 Å². The van der Waals surface area contributed by atoms with Crippen LogP contribution in [0.1, 0.15) is 25.1 Å². The summed E-state index contributed by atoms with van der Waals surface area (Å²) in [6.07, 6.45) is 2.31. The first-order chi connectivity index (χ1) is 7.14. The van der Waals surface area contributed by atoms with Crippen molar-refractivity contribution in [2.24, 2.45) is 0 Å². The maximum absolute atomic E-state index is 12.6.